The molecule has 0 unspecified atom stereocenters. The first kappa shape index (κ1) is 25.0. The number of non-ortho nitro benzene ring substituents is 1. The van der Waals surface area contributed by atoms with Gasteiger partial charge in [-0.3, -0.25) is 24.6 Å². The molecule has 184 valence electrons. The lowest BCUT2D eigenvalue weighted by Gasteiger charge is -2.12. The maximum atomic E-state index is 12.8. The van der Waals surface area contributed by atoms with Crippen LogP contribution in [0.2, 0.25) is 0 Å². The van der Waals surface area contributed by atoms with E-state index in [-0.39, 0.29) is 23.4 Å². The monoisotopic (exact) mass is 504 g/mol. The zero-order valence-corrected chi connectivity index (χ0v) is 20.4. The van der Waals surface area contributed by atoms with Gasteiger partial charge < -0.3 is 9.47 Å². The maximum absolute atomic E-state index is 12.8. The van der Waals surface area contributed by atoms with Gasteiger partial charge in [-0.25, -0.2) is 0 Å². The average molecular weight is 505 g/mol. The second-order valence-electron chi connectivity index (χ2n) is 8.05. The molecule has 0 N–H and O–H groups in total. The van der Waals surface area contributed by atoms with Crippen molar-refractivity contribution in [2.75, 3.05) is 13.7 Å². The van der Waals surface area contributed by atoms with Crippen LogP contribution in [0, 0.1) is 10.1 Å². The molecule has 1 aliphatic rings. The molecule has 0 aromatic heterocycles. The maximum Gasteiger partial charge on any atom is 0.293 e. The fourth-order valence-electron chi connectivity index (χ4n) is 3.74. The lowest BCUT2D eigenvalue weighted by atomic mass is 10.1. The molecule has 1 fully saturated rings. The molecule has 2 amide bonds. The minimum atomic E-state index is -0.454. The number of hydrogen-bond donors (Lipinski definition) is 0. The number of benzene rings is 3. The summed E-state index contributed by atoms with van der Waals surface area (Å²) in [6.07, 6.45) is 3.14. The number of hydrogen-bond acceptors (Lipinski definition) is 7. The minimum absolute atomic E-state index is 0.00701. The van der Waals surface area contributed by atoms with Crippen molar-refractivity contribution in [1.29, 1.82) is 0 Å². The van der Waals surface area contributed by atoms with E-state index in [0.29, 0.717) is 40.5 Å². The summed E-state index contributed by atoms with van der Waals surface area (Å²) >= 11 is 0.923. The van der Waals surface area contributed by atoms with Crippen molar-refractivity contribution in [2.24, 2.45) is 0 Å². The van der Waals surface area contributed by atoms with Gasteiger partial charge in [0.25, 0.3) is 16.8 Å². The highest BCUT2D eigenvalue weighted by molar-refractivity contribution is 8.18. The Labute approximate surface area is 212 Å². The molecule has 0 spiro atoms. The van der Waals surface area contributed by atoms with Crippen molar-refractivity contribution >= 4 is 34.7 Å². The SMILES string of the molecule is COc1cc(/C=C2/SC(=O)N(CCCc3ccccc3)C2=O)ccc1OCc1cccc([N+](=O)[O-])c1. The summed E-state index contributed by atoms with van der Waals surface area (Å²) in [4.78, 5) is 37.4. The summed E-state index contributed by atoms with van der Waals surface area (Å²) in [7, 11) is 1.50. The quantitative estimate of drug-likeness (QED) is 0.194. The molecule has 8 nitrogen and oxygen atoms in total. The molecule has 1 aliphatic heterocycles. The first-order chi connectivity index (χ1) is 17.4. The van der Waals surface area contributed by atoms with Gasteiger partial charge >= 0.3 is 0 Å². The van der Waals surface area contributed by atoms with Gasteiger partial charge in [-0.05, 0) is 59.5 Å². The van der Waals surface area contributed by atoms with Crippen LogP contribution in [0.3, 0.4) is 0 Å². The molecule has 9 heteroatoms. The van der Waals surface area contributed by atoms with E-state index in [1.165, 1.54) is 29.7 Å². The van der Waals surface area contributed by atoms with Crippen molar-refractivity contribution in [1.82, 2.24) is 4.90 Å². The zero-order valence-electron chi connectivity index (χ0n) is 19.6. The molecule has 4 rings (SSSR count). The smallest absolute Gasteiger partial charge is 0.293 e. The number of carbonyl (C=O) groups is 2. The summed E-state index contributed by atoms with van der Waals surface area (Å²) < 4.78 is 11.2. The van der Waals surface area contributed by atoms with Gasteiger partial charge in [0.05, 0.1) is 16.9 Å². The van der Waals surface area contributed by atoms with Crippen molar-refractivity contribution in [3.8, 4) is 11.5 Å². The minimum Gasteiger partial charge on any atom is -0.493 e. The third-order valence-electron chi connectivity index (χ3n) is 5.56. The van der Waals surface area contributed by atoms with Crippen LogP contribution in [0.5, 0.6) is 11.5 Å². The van der Waals surface area contributed by atoms with Crippen LogP contribution in [0.15, 0.2) is 77.7 Å². The molecular formula is C27H24N2O6S. The number of rotatable bonds is 10. The van der Waals surface area contributed by atoms with Crippen molar-refractivity contribution in [3.63, 3.8) is 0 Å². The van der Waals surface area contributed by atoms with Crippen LogP contribution in [0.25, 0.3) is 6.08 Å². The molecule has 36 heavy (non-hydrogen) atoms. The number of nitro benzene ring substituents is 1. The molecule has 0 saturated carbocycles. The van der Waals surface area contributed by atoms with E-state index in [1.807, 2.05) is 30.3 Å². The van der Waals surface area contributed by atoms with Gasteiger partial charge in [-0.15, -0.1) is 0 Å². The number of nitrogens with zero attached hydrogens (tertiary/aromatic N) is 2. The van der Waals surface area contributed by atoms with Crippen molar-refractivity contribution in [2.45, 2.75) is 19.4 Å². The Hall–Kier alpha value is -4.11. The second-order valence-corrected chi connectivity index (χ2v) is 9.04. The van der Waals surface area contributed by atoms with Gasteiger partial charge in [0, 0.05) is 18.7 Å². The Balaban J connectivity index is 1.40. The topological polar surface area (TPSA) is 99.0 Å². The predicted octanol–water partition coefficient (Wildman–Crippen LogP) is 5.85. The molecule has 0 aliphatic carbocycles. The Bertz CT molecular complexity index is 1310. The van der Waals surface area contributed by atoms with E-state index >= 15 is 0 Å². The first-order valence-electron chi connectivity index (χ1n) is 11.3. The number of imide groups is 1. The lowest BCUT2D eigenvalue weighted by Crippen LogP contribution is -2.29. The number of aryl methyl sites for hydroxylation is 1. The van der Waals surface area contributed by atoms with Crippen molar-refractivity contribution in [3.05, 3.63) is 105 Å². The summed E-state index contributed by atoms with van der Waals surface area (Å²) in [5.74, 6) is 0.592. The van der Waals surface area contributed by atoms with Crippen LogP contribution < -0.4 is 9.47 Å². The largest absolute Gasteiger partial charge is 0.493 e. The van der Waals surface area contributed by atoms with Crippen LogP contribution in [0.4, 0.5) is 10.5 Å². The third kappa shape index (κ3) is 6.11. The lowest BCUT2D eigenvalue weighted by molar-refractivity contribution is -0.384. The molecule has 0 atom stereocenters. The van der Waals surface area contributed by atoms with Gasteiger partial charge in [0.15, 0.2) is 11.5 Å². The number of ether oxygens (including phenoxy) is 2. The van der Waals surface area contributed by atoms with Gasteiger partial charge in [-0.2, -0.15) is 0 Å². The number of nitro groups is 1. The number of carbonyl (C=O) groups excluding carboxylic acids is 2. The number of amides is 2. The molecule has 1 heterocycles. The van der Waals surface area contributed by atoms with E-state index in [0.717, 1.165) is 18.2 Å². The van der Waals surface area contributed by atoms with Crippen LogP contribution in [0.1, 0.15) is 23.1 Å². The normalized spacial score (nSPS) is 14.4. The summed E-state index contributed by atoms with van der Waals surface area (Å²) in [5, 5.41) is 10.7. The van der Waals surface area contributed by atoms with Gasteiger partial charge in [0.2, 0.25) is 0 Å². The number of thioether (sulfide) groups is 1. The average Bonchev–Trinajstić information content (AvgIpc) is 3.15. The first-order valence-corrected chi connectivity index (χ1v) is 12.1. The summed E-state index contributed by atoms with van der Waals surface area (Å²) in [6, 6.07) is 21.3. The van der Waals surface area contributed by atoms with E-state index in [9.17, 15) is 19.7 Å². The molecule has 1 saturated heterocycles. The van der Waals surface area contributed by atoms with Crippen LogP contribution in [-0.4, -0.2) is 34.6 Å². The highest BCUT2D eigenvalue weighted by atomic mass is 32.2. The van der Waals surface area contributed by atoms with E-state index in [2.05, 4.69) is 0 Å². The van der Waals surface area contributed by atoms with Gasteiger partial charge in [0.1, 0.15) is 6.61 Å². The van der Waals surface area contributed by atoms with E-state index < -0.39 is 4.92 Å². The van der Waals surface area contributed by atoms with Crippen LogP contribution >= 0.6 is 11.8 Å². The Morgan fingerprint density at radius 3 is 2.50 bits per heavy atom. The molecule has 3 aromatic rings. The Morgan fingerprint density at radius 1 is 0.972 bits per heavy atom. The third-order valence-corrected chi connectivity index (χ3v) is 6.47. The molecular weight excluding hydrogens is 480 g/mol. The van der Waals surface area contributed by atoms with Gasteiger partial charge in [-0.1, -0.05) is 48.5 Å². The zero-order chi connectivity index (χ0) is 25.5. The standard InChI is InChI=1S/C27H24N2O6S/c1-34-24-16-20(12-13-23(24)35-18-21-9-5-11-22(15-21)29(32)33)17-25-26(30)28(27(31)36-25)14-6-10-19-7-3-2-4-8-19/h2-5,7-9,11-13,15-17H,6,10,14,18H2,1H3/b25-17+. The van der Waals surface area contributed by atoms with Crippen LogP contribution in [-0.2, 0) is 17.8 Å². The van der Waals surface area contributed by atoms with E-state index in [1.54, 1.807) is 36.4 Å². The number of methoxy groups -OCH3 is 1. The Morgan fingerprint density at radius 2 is 1.75 bits per heavy atom. The Kier molecular flexibility index (Phi) is 8.02. The molecule has 3 aromatic carbocycles. The summed E-state index contributed by atoms with van der Waals surface area (Å²) in [6.45, 7) is 0.490. The van der Waals surface area contributed by atoms with E-state index in [4.69, 9.17) is 9.47 Å². The fourth-order valence-corrected chi connectivity index (χ4v) is 4.61. The fraction of sp³-hybridized carbons (Fsp3) is 0.185. The molecule has 0 bridgehead atoms. The highest BCUT2D eigenvalue weighted by Gasteiger charge is 2.34. The predicted molar refractivity (Wildman–Crippen MR) is 138 cm³/mol. The molecule has 0 radical (unpaired) electrons. The second kappa shape index (κ2) is 11.5. The highest BCUT2D eigenvalue weighted by Crippen LogP contribution is 2.35. The van der Waals surface area contributed by atoms with Crippen molar-refractivity contribution < 1.29 is 24.0 Å². The summed E-state index contributed by atoms with van der Waals surface area (Å²) in [5.41, 5.74) is 2.49.